The first-order valence-corrected chi connectivity index (χ1v) is 17.2. The van der Waals surface area contributed by atoms with Gasteiger partial charge in [-0.25, -0.2) is 4.79 Å². The van der Waals surface area contributed by atoms with E-state index in [0.29, 0.717) is 11.3 Å². The quantitative estimate of drug-likeness (QED) is 0.178. The van der Waals surface area contributed by atoms with Crippen molar-refractivity contribution >= 4 is 63.0 Å². The number of aliphatic hydroxyl groups is 1. The van der Waals surface area contributed by atoms with Gasteiger partial charge in [0.25, 0.3) is 0 Å². The Bertz CT molecular complexity index is 2110. The third-order valence-electron chi connectivity index (χ3n) is 12.3. The molecule has 3 aliphatic rings. The summed E-state index contributed by atoms with van der Waals surface area (Å²) < 4.78 is 0. The zero-order valence-electron chi connectivity index (χ0n) is 29.8. The summed E-state index contributed by atoms with van der Waals surface area (Å²) in [4.78, 5) is 98.4. The molecule has 0 saturated heterocycles. The minimum absolute atomic E-state index is 0.0493. The van der Waals surface area contributed by atoms with Crippen LogP contribution in [-0.4, -0.2) is 81.7 Å². The van der Waals surface area contributed by atoms with Gasteiger partial charge in [-0.15, -0.1) is 0 Å². The number of nitrogens with zero attached hydrogens (tertiary/aromatic N) is 1. The van der Waals surface area contributed by atoms with E-state index in [0.717, 1.165) is 10.8 Å². The minimum atomic E-state index is -3.10. The number of carbonyl (C=O) groups excluding carboxylic acids is 7. The fourth-order valence-electron chi connectivity index (χ4n) is 9.66. The predicted molar refractivity (Wildman–Crippen MR) is 191 cm³/mol. The number of amides is 3. The number of fused-ring (bicyclic) bond motifs is 4. The van der Waals surface area contributed by atoms with E-state index in [9.17, 15) is 43.8 Å². The lowest BCUT2D eigenvalue weighted by atomic mass is 9.35. The second kappa shape index (κ2) is 12.4. The molecule has 0 bridgehead atoms. The molecule has 13 heteroatoms. The summed E-state index contributed by atoms with van der Waals surface area (Å²) in [5.41, 5.74) is -0.716. The number of urea groups is 1. The van der Waals surface area contributed by atoms with Gasteiger partial charge >= 0.3 is 6.03 Å². The van der Waals surface area contributed by atoms with E-state index in [1.807, 2.05) is 30.3 Å². The second-order valence-electron chi connectivity index (χ2n) is 14.9. The van der Waals surface area contributed by atoms with Gasteiger partial charge in [-0.05, 0) is 54.4 Å². The van der Waals surface area contributed by atoms with Crippen LogP contribution in [0.5, 0.6) is 5.75 Å². The molecular formula is C39H42N4O9. The molecule has 0 heterocycles. The molecule has 52 heavy (non-hydrogen) atoms. The van der Waals surface area contributed by atoms with Crippen LogP contribution in [0.25, 0.3) is 10.8 Å². The molecule has 0 aliphatic heterocycles. The van der Waals surface area contributed by atoms with E-state index in [4.69, 9.17) is 5.73 Å². The second-order valence-corrected chi connectivity index (χ2v) is 14.9. The molecule has 0 radical (unpaired) electrons. The number of nitrogens with two attached hydrogens (primary N) is 1. The molecule has 2 saturated carbocycles. The fourth-order valence-corrected chi connectivity index (χ4v) is 9.66. The van der Waals surface area contributed by atoms with Crippen LogP contribution in [0.15, 0.2) is 54.6 Å². The van der Waals surface area contributed by atoms with Crippen molar-refractivity contribution in [2.24, 2.45) is 34.3 Å². The number of hydrogen-bond donors (Lipinski definition) is 5. The Labute approximate surface area is 299 Å². The SMILES string of the molecule is CCC(=O)C[C@H]1[C@@]2(C)C(C(=O)c3c(ccc(NC(=O)Nc4cccc5ccccc45)c3O)[C@@H]2C)C(=O)[C@]2(O)C(=O)C(C(N)=O)C(=O)[C@@H](N(C)C)[C@]12C. The summed E-state index contributed by atoms with van der Waals surface area (Å²) in [7, 11) is 2.99. The van der Waals surface area contributed by atoms with E-state index in [1.165, 1.54) is 32.0 Å². The van der Waals surface area contributed by atoms with Gasteiger partial charge in [0.05, 0.1) is 28.9 Å². The number of primary amides is 1. The fraction of sp³-hybridized carbons (Fsp3) is 0.410. The first-order chi connectivity index (χ1) is 24.4. The highest BCUT2D eigenvalue weighted by Crippen LogP contribution is 2.68. The van der Waals surface area contributed by atoms with Crippen LogP contribution in [0.2, 0.25) is 0 Å². The van der Waals surface area contributed by atoms with Gasteiger partial charge in [0.1, 0.15) is 11.5 Å². The van der Waals surface area contributed by atoms with Crippen molar-refractivity contribution in [1.82, 2.24) is 4.90 Å². The smallest absolute Gasteiger partial charge is 0.323 e. The molecule has 2 fully saturated rings. The Morgan fingerprint density at radius 2 is 1.54 bits per heavy atom. The number of carbonyl (C=O) groups is 7. The van der Waals surface area contributed by atoms with Crippen LogP contribution in [0.1, 0.15) is 62.4 Å². The average Bonchev–Trinajstić information content (AvgIpc) is 3.08. The highest BCUT2D eigenvalue weighted by atomic mass is 16.3. The number of hydrogen-bond acceptors (Lipinski definition) is 10. The van der Waals surface area contributed by atoms with Crippen molar-refractivity contribution in [2.45, 2.75) is 58.1 Å². The topological polar surface area (TPSA) is 213 Å². The molecule has 3 aliphatic carbocycles. The third-order valence-corrected chi connectivity index (χ3v) is 12.3. The van der Waals surface area contributed by atoms with E-state index in [2.05, 4.69) is 10.6 Å². The number of benzene rings is 3. The first kappa shape index (κ1) is 36.5. The van der Waals surface area contributed by atoms with Crippen LogP contribution in [0, 0.1) is 28.6 Å². The average molecular weight is 711 g/mol. The Hall–Kier alpha value is -5.27. The number of nitrogens with one attached hydrogen (secondary N) is 2. The molecule has 6 N–H and O–H groups in total. The van der Waals surface area contributed by atoms with Crippen LogP contribution in [0.3, 0.4) is 0 Å². The first-order valence-electron chi connectivity index (χ1n) is 17.2. The molecule has 6 rings (SSSR count). The molecule has 3 aromatic rings. The Kier molecular flexibility index (Phi) is 8.74. The highest BCUT2D eigenvalue weighted by molar-refractivity contribution is 6.33. The van der Waals surface area contributed by atoms with Gasteiger partial charge in [0, 0.05) is 23.6 Å². The Balaban J connectivity index is 1.49. The molecule has 0 spiro atoms. The number of likely N-dealkylation sites (N-methyl/N-ethyl adjacent to an activating group) is 1. The number of Topliss-reactive ketones (excluding diaryl/α,β-unsaturated/α-hetero) is 5. The zero-order valence-corrected chi connectivity index (χ0v) is 29.8. The maximum absolute atomic E-state index is 14.9. The normalized spacial score (nSPS) is 31.1. The van der Waals surface area contributed by atoms with E-state index >= 15 is 0 Å². The van der Waals surface area contributed by atoms with E-state index in [1.54, 1.807) is 39.0 Å². The summed E-state index contributed by atoms with van der Waals surface area (Å²) in [6.07, 6.45) is -0.262. The van der Waals surface area contributed by atoms with E-state index < -0.39 is 87.0 Å². The van der Waals surface area contributed by atoms with Crippen molar-refractivity contribution in [3.63, 3.8) is 0 Å². The van der Waals surface area contributed by atoms with Gasteiger partial charge in [-0.2, -0.15) is 0 Å². The molecule has 3 aromatic carbocycles. The lowest BCUT2D eigenvalue weighted by molar-refractivity contribution is -0.222. The largest absolute Gasteiger partial charge is 0.505 e. The lowest BCUT2D eigenvalue weighted by Crippen LogP contribution is -2.83. The van der Waals surface area contributed by atoms with Gasteiger partial charge < -0.3 is 26.6 Å². The summed E-state index contributed by atoms with van der Waals surface area (Å²) in [6, 6.07) is 13.6. The third kappa shape index (κ3) is 4.78. The van der Waals surface area contributed by atoms with Crippen LogP contribution < -0.4 is 16.4 Å². The van der Waals surface area contributed by atoms with Gasteiger partial charge in [-0.3, -0.25) is 33.7 Å². The summed E-state index contributed by atoms with van der Waals surface area (Å²) >= 11 is 0. The monoisotopic (exact) mass is 710 g/mol. The van der Waals surface area contributed by atoms with Crippen LogP contribution in [0.4, 0.5) is 16.2 Å². The molecule has 8 atom stereocenters. The van der Waals surface area contributed by atoms with Gasteiger partial charge in [0.2, 0.25) is 5.91 Å². The molecule has 3 amide bonds. The zero-order chi connectivity index (χ0) is 38.2. The molecule has 272 valence electrons. The number of anilines is 2. The number of ketones is 5. The Morgan fingerprint density at radius 1 is 0.904 bits per heavy atom. The maximum Gasteiger partial charge on any atom is 0.323 e. The predicted octanol–water partition coefficient (Wildman–Crippen LogP) is 3.60. The number of rotatable bonds is 7. The molecule has 0 aromatic heterocycles. The highest BCUT2D eigenvalue weighted by Gasteiger charge is 2.80. The van der Waals surface area contributed by atoms with E-state index in [-0.39, 0.29) is 29.9 Å². The maximum atomic E-state index is 14.9. The lowest BCUT2D eigenvalue weighted by Gasteiger charge is -2.67. The minimum Gasteiger partial charge on any atom is -0.505 e. The van der Waals surface area contributed by atoms with Gasteiger partial charge in [0.15, 0.2) is 34.7 Å². The van der Waals surface area contributed by atoms with Crippen molar-refractivity contribution in [2.75, 3.05) is 24.7 Å². The molecule has 13 nitrogen and oxygen atoms in total. The number of aromatic hydroxyl groups is 1. The number of phenols is 1. The van der Waals surface area contributed by atoms with Crippen LogP contribution >= 0.6 is 0 Å². The Morgan fingerprint density at radius 3 is 2.17 bits per heavy atom. The van der Waals surface area contributed by atoms with Crippen molar-refractivity contribution < 1.29 is 43.8 Å². The summed E-state index contributed by atoms with van der Waals surface area (Å²) in [5.74, 6) is -12.8. The van der Waals surface area contributed by atoms with Crippen LogP contribution in [-0.2, 0) is 24.0 Å². The van der Waals surface area contributed by atoms with Gasteiger partial charge in [-0.1, -0.05) is 70.2 Å². The summed E-state index contributed by atoms with van der Waals surface area (Å²) in [6.45, 7) is 6.36. The number of phenolic OH excluding ortho intramolecular Hbond substituents is 1. The summed E-state index contributed by atoms with van der Waals surface area (Å²) in [5, 5.41) is 31.2. The molecule has 2 unspecified atom stereocenters. The van der Waals surface area contributed by atoms with Crippen molar-refractivity contribution in [1.29, 1.82) is 0 Å². The van der Waals surface area contributed by atoms with Crippen molar-refractivity contribution in [3.05, 3.63) is 65.7 Å². The standard InChI is InChI=1S/C39H42N4O9/c1-7-20(44)17-25-37(3)18(2)21-15-16-24(42-36(51)41-23-14-10-12-19-11-8-9-13-22(19)23)29(45)26(21)30(46)28(37)34(49)39(52)33(48)27(35(40)50)31(47)32(43(5)6)38(25,39)4/h8-16,18,25,27-28,32,45,52H,7,17H2,1-6H3,(H2,40,50)(H2,41,42,51)/t18-,25-,27?,28?,32+,37-,38-,39+/m0/s1. The van der Waals surface area contributed by atoms with Crippen molar-refractivity contribution in [3.8, 4) is 5.75 Å². The molecular weight excluding hydrogens is 668 g/mol.